The van der Waals surface area contributed by atoms with Crippen LogP contribution in [-0.4, -0.2) is 14.5 Å². The van der Waals surface area contributed by atoms with Crippen molar-refractivity contribution in [1.29, 1.82) is 0 Å². The zero-order chi connectivity index (χ0) is 18.5. The molecule has 0 N–H and O–H groups in total. The number of hydrogen-bond donors (Lipinski definition) is 0. The molecule has 0 radical (unpaired) electrons. The molecule has 0 unspecified atom stereocenters. The minimum absolute atomic E-state index is 0.210. The number of rotatable bonds is 2. The summed E-state index contributed by atoms with van der Waals surface area (Å²) in [7, 11) is 0. The second kappa shape index (κ2) is 5.98. The van der Waals surface area contributed by atoms with Gasteiger partial charge in [-0.25, -0.2) is 13.8 Å². The third-order valence-electron chi connectivity index (χ3n) is 5.24. The van der Waals surface area contributed by atoms with E-state index < -0.39 is 11.6 Å². The smallest absolute Gasteiger partial charge is 0.168 e. The number of nitrogens with zero attached hydrogens (tertiary/aromatic N) is 3. The Hall–Kier alpha value is -3.08. The summed E-state index contributed by atoms with van der Waals surface area (Å²) in [5, 5.41) is 1.00. The van der Waals surface area contributed by atoms with E-state index in [-0.39, 0.29) is 5.56 Å². The Morgan fingerprint density at radius 3 is 2.81 bits per heavy atom. The van der Waals surface area contributed by atoms with Crippen molar-refractivity contribution in [3.63, 3.8) is 0 Å². The third-order valence-corrected chi connectivity index (χ3v) is 5.24. The molecule has 5 heteroatoms. The molecular formula is C22H17F2N3. The Bertz CT molecular complexity index is 1190. The average molecular weight is 361 g/mol. The summed E-state index contributed by atoms with van der Waals surface area (Å²) in [4.78, 5) is 9.05. The molecule has 0 spiro atoms. The van der Waals surface area contributed by atoms with Crippen LogP contribution in [0.1, 0.15) is 17.8 Å². The van der Waals surface area contributed by atoms with Gasteiger partial charge in [-0.05, 0) is 43.2 Å². The molecule has 2 aromatic carbocycles. The van der Waals surface area contributed by atoms with Crippen molar-refractivity contribution in [3.05, 3.63) is 71.7 Å². The van der Waals surface area contributed by atoms with E-state index in [1.807, 2.05) is 30.3 Å². The van der Waals surface area contributed by atoms with Gasteiger partial charge < -0.3 is 4.57 Å². The van der Waals surface area contributed by atoms with Gasteiger partial charge in [-0.1, -0.05) is 18.2 Å². The molecule has 3 nitrogen and oxygen atoms in total. The highest BCUT2D eigenvalue weighted by atomic mass is 19.2. The molecule has 0 bridgehead atoms. The normalized spacial score (nSPS) is 13.3. The molecule has 2 aromatic heterocycles. The summed E-state index contributed by atoms with van der Waals surface area (Å²) < 4.78 is 31.1. The molecule has 0 saturated heterocycles. The highest BCUT2D eigenvalue weighted by Crippen LogP contribution is 2.38. The lowest BCUT2D eigenvalue weighted by Gasteiger charge is -2.11. The van der Waals surface area contributed by atoms with Gasteiger partial charge in [0.25, 0.3) is 0 Å². The van der Waals surface area contributed by atoms with Gasteiger partial charge in [0.2, 0.25) is 0 Å². The summed E-state index contributed by atoms with van der Waals surface area (Å²) in [5.74, 6) is -0.725. The van der Waals surface area contributed by atoms with Crippen molar-refractivity contribution >= 4 is 10.9 Å². The van der Waals surface area contributed by atoms with Crippen molar-refractivity contribution in [2.45, 2.75) is 26.3 Å². The standard InChI is InChI=1S/C22H17F2N3/c1-13-6-8-16(20(24)19(13)23)21-22(27-11-3-5-18(27)26-21)15-7-9-17-14(12-15)4-2-10-25-17/h2,4,6-10,12H,3,5,11H2,1H3. The Balaban J connectivity index is 1.78. The first-order valence-electron chi connectivity index (χ1n) is 9.03. The van der Waals surface area contributed by atoms with E-state index in [1.165, 1.54) is 0 Å². The second-order valence-electron chi connectivity index (χ2n) is 6.95. The van der Waals surface area contributed by atoms with Crippen LogP contribution in [0.15, 0.2) is 48.7 Å². The van der Waals surface area contributed by atoms with Gasteiger partial charge in [-0.15, -0.1) is 0 Å². The zero-order valence-corrected chi connectivity index (χ0v) is 14.8. The quantitative estimate of drug-likeness (QED) is 0.485. The Morgan fingerprint density at radius 1 is 1.04 bits per heavy atom. The first-order valence-corrected chi connectivity index (χ1v) is 9.03. The topological polar surface area (TPSA) is 30.7 Å². The third kappa shape index (κ3) is 2.46. The summed E-state index contributed by atoms with van der Waals surface area (Å²) in [5.41, 5.74) is 3.69. The fourth-order valence-electron chi connectivity index (χ4n) is 3.86. The van der Waals surface area contributed by atoms with Gasteiger partial charge in [0, 0.05) is 35.7 Å². The zero-order valence-electron chi connectivity index (χ0n) is 14.8. The van der Waals surface area contributed by atoms with E-state index in [0.717, 1.165) is 47.4 Å². The van der Waals surface area contributed by atoms with E-state index in [9.17, 15) is 8.78 Å². The SMILES string of the molecule is Cc1ccc(-c2nc3n(c2-c2ccc4ncccc4c2)CCC3)c(F)c1F. The lowest BCUT2D eigenvalue weighted by Crippen LogP contribution is -1.98. The van der Waals surface area contributed by atoms with E-state index >= 15 is 0 Å². The van der Waals surface area contributed by atoms with Crippen LogP contribution < -0.4 is 0 Å². The molecule has 0 saturated carbocycles. The molecule has 0 atom stereocenters. The molecule has 0 fully saturated rings. The Labute approximate surface area is 155 Å². The Morgan fingerprint density at radius 2 is 1.93 bits per heavy atom. The maximum atomic E-state index is 14.7. The fourth-order valence-corrected chi connectivity index (χ4v) is 3.86. The van der Waals surface area contributed by atoms with E-state index in [2.05, 4.69) is 14.5 Å². The van der Waals surface area contributed by atoms with Crippen LogP contribution in [0.3, 0.4) is 0 Å². The number of aromatic nitrogens is 3. The number of imidazole rings is 1. The monoisotopic (exact) mass is 361 g/mol. The van der Waals surface area contributed by atoms with Crippen LogP contribution in [0.2, 0.25) is 0 Å². The summed E-state index contributed by atoms with van der Waals surface area (Å²) in [6, 6.07) is 13.1. The minimum Gasteiger partial charge on any atom is -0.327 e. The molecule has 27 heavy (non-hydrogen) atoms. The molecule has 0 amide bonds. The van der Waals surface area contributed by atoms with Crippen molar-refractivity contribution in [1.82, 2.24) is 14.5 Å². The van der Waals surface area contributed by atoms with Gasteiger partial charge in [0.05, 0.1) is 16.9 Å². The van der Waals surface area contributed by atoms with Crippen LogP contribution in [-0.2, 0) is 13.0 Å². The molecule has 1 aliphatic heterocycles. The van der Waals surface area contributed by atoms with Gasteiger partial charge >= 0.3 is 0 Å². The number of fused-ring (bicyclic) bond motifs is 2. The van der Waals surface area contributed by atoms with E-state index in [1.54, 1.807) is 25.3 Å². The highest BCUT2D eigenvalue weighted by molar-refractivity contribution is 5.87. The van der Waals surface area contributed by atoms with Crippen molar-refractivity contribution in [3.8, 4) is 22.5 Å². The lowest BCUT2D eigenvalue weighted by atomic mass is 10.0. The van der Waals surface area contributed by atoms with Crippen LogP contribution in [0, 0.1) is 18.6 Å². The molecule has 134 valence electrons. The van der Waals surface area contributed by atoms with Crippen LogP contribution in [0.5, 0.6) is 0 Å². The first kappa shape index (κ1) is 16.1. The number of hydrogen-bond acceptors (Lipinski definition) is 2. The van der Waals surface area contributed by atoms with Gasteiger partial charge in [-0.2, -0.15) is 0 Å². The van der Waals surface area contributed by atoms with Gasteiger partial charge in [0.1, 0.15) is 5.82 Å². The van der Waals surface area contributed by atoms with E-state index in [0.29, 0.717) is 11.3 Å². The van der Waals surface area contributed by atoms with Crippen LogP contribution in [0.25, 0.3) is 33.4 Å². The average Bonchev–Trinajstić information content (AvgIpc) is 3.27. The van der Waals surface area contributed by atoms with Crippen LogP contribution >= 0.6 is 0 Å². The van der Waals surface area contributed by atoms with Crippen LogP contribution in [0.4, 0.5) is 8.78 Å². The maximum absolute atomic E-state index is 14.7. The van der Waals surface area contributed by atoms with Gasteiger partial charge in [0.15, 0.2) is 11.6 Å². The number of pyridine rings is 1. The molecule has 4 aromatic rings. The van der Waals surface area contributed by atoms with Crippen molar-refractivity contribution in [2.75, 3.05) is 0 Å². The van der Waals surface area contributed by atoms with Gasteiger partial charge in [-0.3, -0.25) is 4.98 Å². The predicted octanol–water partition coefficient (Wildman–Crippen LogP) is 5.30. The molecule has 1 aliphatic rings. The molecular weight excluding hydrogens is 344 g/mol. The number of benzene rings is 2. The summed E-state index contributed by atoms with van der Waals surface area (Å²) >= 11 is 0. The summed E-state index contributed by atoms with van der Waals surface area (Å²) in [6.45, 7) is 2.39. The number of aryl methyl sites for hydroxylation is 2. The fraction of sp³-hybridized carbons (Fsp3) is 0.182. The predicted molar refractivity (Wildman–Crippen MR) is 101 cm³/mol. The Kier molecular flexibility index (Phi) is 3.57. The highest BCUT2D eigenvalue weighted by Gasteiger charge is 2.26. The minimum atomic E-state index is -0.838. The lowest BCUT2D eigenvalue weighted by molar-refractivity contribution is 0.505. The largest absolute Gasteiger partial charge is 0.327 e. The first-order chi connectivity index (χ1) is 13.1. The second-order valence-corrected chi connectivity index (χ2v) is 6.95. The number of halogens is 2. The van der Waals surface area contributed by atoms with E-state index in [4.69, 9.17) is 0 Å². The molecule has 3 heterocycles. The molecule has 0 aliphatic carbocycles. The molecule has 5 rings (SSSR count). The maximum Gasteiger partial charge on any atom is 0.168 e. The van der Waals surface area contributed by atoms with Crippen molar-refractivity contribution < 1.29 is 8.78 Å². The van der Waals surface area contributed by atoms with Crippen molar-refractivity contribution in [2.24, 2.45) is 0 Å². The summed E-state index contributed by atoms with van der Waals surface area (Å²) in [6.07, 6.45) is 3.61.